The molecule has 0 bridgehead atoms. The molecule has 2 aromatic rings. The third kappa shape index (κ3) is 2.57. The van der Waals surface area contributed by atoms with E-state index in [1.54, 1.807) is 16.8 Å². The first-order valence-corrected chi connectivity index (χ1v) is 8.24. The summed E-state index contributed by atoms with van der Waals surface area (Å²) < 4.78 is 24.2. The van der Waals surface area contributed by atoms with Crippen molar-refractivity contribution in [2.24, 2.45) is 5.14 Å². The lowest BCUT2D eigenvalue weighted by atomic mass is 9.82. The van der Waals surface area contributed by atoms with E-state index in [1.807, 2.05) is 0 Å². The van der Waals surface area contributed by atoms with Crippen molar-refractivity contribution < 1.29 is 13.5 Å². The molecule has 0 spiro atoms. The average molecular weight is 308 g/mol. The molecule has 21 heavy (non-hydrogen) atoms. The van der Waals surface area contributed by atoms with E-state index in [1.165, 1.54) is 12.1 Å². The minimum absolute atomic E-state index is 0.0546. The Bertz CT molecular complexity index is 748. The van der Waals surface area contributed by atoms with Crippen molar-refractivity contribution in [3.63, 3.8) is 0 Å². The molecule has 112 valence electrons. The van der Waals surface area contributed by atoms with Gasteiger partial charge in [0.25, 0.3) is 0 Å². The summed E-state index contributed by atoms with van der Waals surface area (Å²) in [4.78, 5) is 0.0546. The van der Waals surface area contributed by atoms with Crippen molar-refractivity contribution in [3.8, 4) is 5.69 Å². The van der Waals surface area contributed by atoms with E-state index in [0.717, 1.165) is 25.0 Å². The van der Waals surface area contributed by atoms with Crippen LogP contribution < -0.4 is 5.14 Å². The van der Waals surface area contributed by atoms with Crippen molar-refractivity contribution in [3.05, 3.63) is 35.7 Å². The van der Waals surface area contributed by atoms with Crippen LogP contribution in [0.4, 0.5) is 0 Å². The molecule has 1 fully saturated rings. The van der Waals surface area contributed by atoms with Crippen molar-refractivity contribution in [1.29, 1.82) is 0 Å². The largest absolute Gasteiger partial charge is 0.390 e. The molecule has 3 N–H and O–H groups in total. The first kappa shape index (κ1) is 14.2. The van der Waals surface area contributed by atoms with Gasteiger partial charge in [0.05, 0.1) is 22.9 Å². The minimum atomic E-state index is -3.71. The Morgan fingerprint density at radius 1 is 1.29 bits per heavy atom. The van der Waals surface area contributed by atoms with E-state index >= 15 is 0 Å². The second-order valence-corrected chi connectivity index (χ2v) is 6.72. The summed E-state index contributed by atoms with van der Waals surface area (Å²) in [6.07, 6.45) is 3.26. The Morgan fingerprint density at radius 2 is 1.95 bits per heavy atom. The van der Waals surface area contributed by atoms with Crippen LogP contribution in [0.2, 0.25) is 0 Å². The van der Waals surface area contributed by atoms with Crippen LogP contribution in [0, 0.1) is 0 Å². The fourth-order valence-electron chi connectivity index (χ4n) is 2.49. The molecular weight excluding hydrogens is 292 g/mol. The number of nitrogens with zero attached hydrogens (tertiary/aromatic N) is 3. The first-order chi connectivity index (χ1) is 10.0. The fraction of sp³-hybridized carbons (Fsp3) is 0.385. The molecular formula is C13H16N4O3S. The van der Waals surface area contributed by atoms with E-state index in [4.69, 9.17) is 5.14 Å². The Labute approximate surface area is 122 Å². The van der Waals surface area contributed by atoms with Gasteiger partial charge in [0.1, 0.15) is 5.69 Å². The highest BCUT2D eigenvalue weighted by Crippen LogP contribution is 2.38. The number of hydrogen-bond donors (Lipinski definition) is 2. The van der Waals surface area contributed by atoms with Gasteiger partial charge in [-0.3, -0.25) is 0 Å². The maximum absolute atomic E-state index is 11.3. The van der Waals surface area contributed by atoms with E-state index < -0.39 is 10.0 Å². The monoisotopic (exact) mass is 308 g/mol. The molecule has 0 unspecified atom stereocenters. The second-order valence-electron chi connectivity index (χ2n) is 5.16. The number of hydrogen-bond acceptors (Lipinski definition) is 5. The number of aliphatic hydroxyl groups is 1. The lowest BCUT2D eigenvalue weighted by Gasteiger charge is -2.26. The summed E-state index contributed by atoms with van der Waals surface area (Å²) in [7, 11) is -3.71. The van der Waals surface area contributed by atoms with Crippen LogP contribution in [-0.2, 0) is 16.6 Å². The fourth-order valence-corrected chi connectivity index (χ4v) is 3.01. The van der Waals surface area contributed by atoms with Crippen LogP contribution in [-0.4, -0.2) is 28.5 Å². The highest BCUT2D eigenvalue weighted by atomic mass is 32.2. The lowest BCUT2D eigenvalue weighted by Crippen LogP contribution is -2.16. The molecule has 3 rings (SSSR count). The highest BCUT2D eigenvalue weighted by molar-refractivity contribution is 7.89. The topological polar surface area (TPSA) is 111 Å². The lowest BCUT2D eigenvalue weighted by molar-refractivity contribution is 0.272. The number of nitrogens with two attached hydrogens (primary N) is 1. The highest BCUT2D eigenvalue weighted by Gasteiger charge is 2.28. The third-order valence-electron chi connectivity index (χ3n) is 3.83. The van der Waals surface area contributed by atoms with Crippen molar-refractivity contribution in [2.75, 3.05) is 0 Å². The molecule has 0 atom stereocenters. The number of primary sulfonamides is 1. The van der Waals surface area contributed by atoms with Gasteiger partial charge in [0.15, 0.2) is 0 Å². The Morgan fingerprint density at radius 3 is 2.43 bits per heavy atom. The zero-order valence-corrected chi connectivity index (χ0v) is 12.1. The molecule has 8 heteroatoms. The predicted molar refractivity (Wildman–Crippen MR) is 75.2 cm³/mol. The van der Waals surface area contributed by atoms with E-state index in [9.17, 15) is 13.5 Å². The Kier molecular flexibility index (Phi) is 3.52. The molecule has 1 aromatic heterocycles. The zero-order chi connectivity index (χ0) is 15.0. The summed E-state index contributed by atoms with van der Waals surface area (Å²) in [5.74, 6) is 0.347. The Balaban J connectivity index is 2.02. The summed E-state index contributed by atoms with van der Waals surface area (Å²) in [5, 5.41) is 22.6. The van der Waals surface area contributed by atoms with Gasteiger partial charge in [0.2, 0.25) is 10.0 Å². The second kappa shape index (κ2) is 5.21. The smallest absolute Gasteiger partial charge is 0.238 e. The maximum atomic E-state index is 11.3. The van der Waals surface area contributed by atoms with Gasteiger partial charge >= 0.3 is 0 Å². The molecule has 0 radical (unpaired) electrons. The summed E-state index contributed by atoms with van der Waals surface area (Å²) in [6, 6.07) is 6.15. The standard InChI is InChI=1S/C13H16N4O3S/c14-21(19,20)11-6-4-10(5-7-11)17-13(9-2-1-3-9)12(8-18)15-16-17/h4-7,9,18H,1-3,8H2,(H2,14,19,20). The number of rotatable bonds is 4. The maximum Gasteiger partial charge on any atom is 0.238 e. The van der Waals surface area contributed by atoms with Crippen molar-refractivity contribution in [2.45, 2.75) is 36.7 Å². The van der Waals surface area contributed by atoms with Gasteiger partial charge in [0, 0.05) is 5.92 Å². The molecule has 1 aliphatic carbocycles. The third-order valence-corrected chi connectivity index (χ3v) is 4.76. The molecule has 7 nitrogen and oxygen atoms in total. The number of aliphatic hydroxyl groups excluding tert-OH is 1. The van der Waals surface area contributed by atoms with Crippen LogP contribution in [0.25, 0.3) is 5.69 Å². The average Bonchev–Trinajstić information content (AvgIpc) is 2.79. The van der Waals surface area contributed by atoms with Gasteiger partial charge in [-0.1, -0.05) is 11.6 Å². The summed E-state index contributed by atoms with van der Waals surface area (Å²) in [5.41, 5.74) is 2.19. The molecule has 1 aliphatic rings. The van der Waals surface area contributed by atoms with Crippen molar-refractivity contribution in [1.82, 2.24) is 15.0 Å². The van der Waals surface area contributed by atoms with Crippen LogP contribution in [0.15, 0.2) is 29.2 Å². The molecule has 1 aromatic carbocycles. The molecule has 0 amide bonds. The van der Waals surface area contributed by atoms with E-state index in [2.05, 4.69) is 10.3 Å². The number of benzene rings is 1. The van der Waals surface area contributed by atoms with Gasteiger partial charge in [-0.15, -0.1) is 5.10 Å². The quantitative estimate of drug-likeness (QED) is 0.862. The summed E-state index contributed by atoms with van der Waals surface area (Å²) in [6.45, 7) is -0.152. The molecule has 1 heterocycles. The SMILES string of the molecule is NS(=O)(=O)c1ccc(-n2nnc(CO)c2C2CCC2)cc1. The van der Waals surface area contributed by atoms with Crippen molar-refractivity contribution >= 4 is 10.0 Å². The number of aromatic nitrogens is 3. The normalized spacial score (nSPS) is 15.9. The first-order valence-electron chi connectivity index (χ1n) is 6.69. The van der Waals surface area contributed by atoms with E-state index in [-0.39, 0.29) is 11.5 Å². The van der Waals surface area contributed by atoms with Gasteiger partial charge < -0.3 is 5.11 Å². The summed E-state index contributed by atoms with van der Waals surface area (Å²) >= 11 is 0. The minimum Gasteiger partial charge on any atom is -0.390 e. The van der Waals surface area contributed by atoms with Crippen LogP contribution in [0.3, 0.4) is 0 Å². The van der Waals surface area contributed by atoms with Crippen LogP contribution in [0.5, 0.6) is 0 Å². The van der Waals surface area contributed by atoms with Gasteiger partial charge in [-0.05, 0) is 37.1 Å². The molecule has 0 aliphatic heterocycles. The molecule has 1 saturated carbocycles. The zero-order valence-electron chi connectivity index (χ0n) is 11.3. The van der Waals surface area contributed by atoms with Crippen LogP contribution >= 0.6 is 0 Å². The molecule has 0 saturated heterocycles. The number of sulfonamides is 1. The predicted octanol–water partition coefficient (Wildman–Crippen LogP) is 0.674. The van der Waals surface area contributed by atoms with Gasteiger partial charge in [-0.2, -0.15) is 0 Å². The van der Waals surface area contributed by atoms with E-state index in [0.29, 0.717) is 17.3 Å². The van der Waals surface area contributed by atoms with Crippen LogP contribution in [0.1, 0.15) is 36.6 Å². The van der Waals surface area contributed by atoms with Gasteiger partial charge in [-0.25, -0.2) is 18.2 Å². The Hall–Kier alpha value is -1.77.